The van der Waals surface area contributed by atoms with Gasteiger partial charge < -0.3 is 15.5 Å². The molecule has 1 aromatic heterocycles. The molecule has 0 aliphatic rings. The lowest BCUT2D eigenvalue weighted by molar-refractivity contribution is 0.313. The molecule has 0 spiro atoms. The summed E-state index contributed by atoms with van der Waals surface area (Å²) < 4.78 is 2.00. The van der Waals surface area contributed by atoms with Gasteiger partial charge in [-0.15, -0.1) is 0 Å². The molecular weight excluding hydrogens is 180 g/mol. The second-order valence-electron chi connectivity index (χ2n) is 3.49. The highest BCUT2D eigenvalue weighted by atomic mass is 16.4. The smallest absolute Gasteiger partial charge is 0.143 e. The molecule has 0 saturated carbocycles. The van der Waals surface area contributed by atoms with Crippen molar-refractivity contribution < 1.29 is 5.21 Å². The van der Waals surface area contributed by atoms with E-state index in [4.69, 9.17) is 10.9 Å². The molecule has 1 heterocycles. The second kappa shape index (κ2) is 4.13. The van der Waals surface area contributed by atoms with Crippen LogP contribution in [0.2, 0.25) is 0 Å². The largest absolute Gasteiger partial charge is 0.409 e. The molecule has 78 valence electrons. The Hall–Kier alpha value is -1.52. The molecule has 0 aromatic carbocycles. The normalized spacial score (nSPS) is 14.4. The van der Waals surface area contributed by atoms with Gasteiger partial charge in [-0.05, 0) is 13.8 Å². The third-order valence-corrected chi connectivity index (χ3v) is 2.44. The standard InChI is InChI=1S/C9H16N4O/c1-6(9(10)12-14)4-13-5-11-7(2)8(13)3/h5-6,14H,4H2,1-3H3,(H2,10,12). The van der Waals surface area contributed by atoms with Crippen molar-refractivity contribution in [3.05, 3.63) is 17.7 Å². The number of aromatic nitrogens is 2. The fourth-order valence-corrected chi connectivity index (χ4v) is 1.22. The van der Waals surface area contributed by atoms with Crippen LogP contribution in [0.4, 0.5) is 0 Å². The first-order valence-corrected chi connectivity index (χ1v) is 4.52. The van der Waals surface area contributed by atoms with Gasteiger partial charge in [0, 0.05) is 18.2 Å². The number of aryl methyl sites for hydroxylation is 1. The number of rotatable bonds is 3. The number of amidine groups is 1. The molecule has 14 heavy (non-hydrogen) atoms. The summed E-state index contributed by atoms with van der Waals surface area (Å²) in [7, 11) is 0. The van der Waals surface area contributed by atoms with Gasteiger partial charge >= 0.3 is 0 Å². The number of nitrogens with zero attached hydrogens (tertiary/aromatic N) is 3. The summed E-state index contributed by atoms with van der Waals surface area (Å²) in [6, 6.07) is 0. The first kappa shape index (κ1) is 10.6. The predicted octanol–water partition coefficient (Wildman–Crippen LogP) is 0.882. The van der Waals surface area contributed by atoms with E-state index in [1.54, 1.807) is 6.33 Å². The van der Waals surface area contributed by atoms with Crippen LogP contribution < -0.4 is 5.73 Å². The fraction of sp³-hybridized carbons (Fsp3) is 0.556. The average Bonchev–Trinajstić information content (AvgIpc) is 2.48. The summed E-state index contributed by atoms with van der Waals surface area (Å²) in [6.45, 7) is 6.55. The molecular formula is C9H16N4O. The van der Waals surface area contributed by atoms with Gasteiger partial charge in [-0.25, -0.2) is 4.98 Å². The maximum atomic E-state index is 8.50. The lowest BCUT2D eigenvalue weighted by Crippen LogP contribution is -2.25. The van der Waals surface area contributed by atoms with Crippen molar-refractivity contribution in [2.24, 2.45) is 16.8 Å². The Balaban J connectivity index is 2.74. The summed E-state index contributed by atoms with van der Waals surface area (Å²) in [4.78, 5) is 4.17. The molecule has 0 saturated heterocycles. The maximum Gasteiger partial charge on any atom is 0.143 e. The fourth-order valence-electron chi connectivity index (χ4n) is 1.22. The van der Waals surface area contributed by atoms with E-state index in [2.05, 4.69) is 10.1 Å². The maximum absolute atomic E-state index is 8.50. The van der Waals surface area contributed by atoms with Crippen LogP contribution in [0.1, 0.15) is 18.3 Å². The van der Waals surface area contributed by atoms with Crippen molar-refractivity contribution in [2.75, 3.05) is 0 Å². The van der Waals surface area contributed by atoms with E-state index in [9.17, 15) is 0 Å². The lowest BCUT2D eigenvalue weighted by Gasteiger charge is -2.11. The first-order chi connectivity index (χ1) is 6.56. The van der Waals surface area contributed by atoms with Crippen molar-refractivity contribution in [1.29, 1.82) is 0 Å². The van der Waals surface area contributed by atoms with Crippen LogP contribution in [0.25, 0.3) is 0 Å². The molecule has 0 bridgehead atoms. The van der Waals surface area contributed by atoms with Gasteiger partial charge in [0.2, 0.25) is 0 Å². The third-order valence-electron chi connectivity index (χ3n) is 2.44. The van der Waals surface area contributed by atoms with E-state index in [0.717, 1.165) is 11.4 Å². The molecule has 0 aliphatic heterocycles. The zero-order chi connectivity index (χ0) is 10.7. The minimum atomic E-state index is 0.00676. The molecule has 1 atom stereocenters. The number of nitrogens with two attached hydrogens (primary N) is 1. The summed E-state index contributed by atoms with van der Waals surface area (Å²) >= 11 is 0. The third kappa shape index (κ3) is 2.04. The minimum absolute atomic E-state index is 0.00676. The number of imidazole rings is 1. The van der Waals surface area contributed by atoms with E-state index in [0.29, 0.717) is 6.54 Å². The van der Waals surface area contributed by atoms with Crippen LogP contribution in [0.15, 0.2) is 11.5 Å². The summed E-state index contributed by atoms with van der Waals surface area (Å²) in [5, 5.41) is 11.5. The predicted molar refractivity (Wildman–Crippen MR) is 54.3 cm³/mol. The Morgan fingerprint density at radius 3 is 2.79 bits per heavy atom. The summed E-state index contributed by atoms with van der Waals surface area (Å²) in [5.74, 6) is 0.253. The highest BCUT2D eigenvalue weighted by Gasteiger charge is 2.10. The van der Waals surface area contributed by atoms with Gasteiger partial charge in [0.15, 0.2) is 0 Å². The van der Waals surface area contributed by atoms with Gasteiger partial charge in [0.1, 0.15) is 5.84 Å². The highest BCUT2D eigenvalue weighted by Crippen LogP contribution is 2.08. The van der Waals surface area contributed by atoms with Crippen molar-refractivity contribution in [1.82, 2.24) is 9.55 Å². The van der Waals surface area contributed by atoms with Gasteiger partial charge in [-0.2, -0.15) is 0 Å². The zero-order valence-electron chi connectivity index (χ0n) is 8.73. The van der Waals surface area contributed by atoms with Gasteiger partial charge in [-0.1, -0.05) is 12.1 Å². The molecule has 0 aliphatic carbocycles. The summed E-state index contributed by atoms with van der Waals surface area (Å²) in [5.41, 5.74) is 7.61. The van der Waals surface area contributed by atoms with Gasteiger partial charge in [0.05, 0.1) is 12.0 Å². The van der Waals surface area contributed by atoms with E-state index in [1.165, 1.54) is 0 Å². The zero-order valence-corrected chi connectivity index (χ0v) is 8.73. The Morgan fingerprint density at radius 2 is 2.36 bits per heavy atom. The minimum Gasteiger partial charge on any atom is -0.409 e. The molecule has 5 heteroatoms. The quantitative estimate of drug-likeness (QED) is 0.326. The number of hydrogen-bond acceptors (Lipinski definition) is 3. The highest BCUT2D eigenvalue weighted by molar-refractivity contribution is 5.81. The van der Waals surface area contributed by atoms with Crippen molar-refractivity contribution in [3.63, 3.8) is 0 Å². The Morgan fingerprint density at radius 1 is 1.71 bits per heavy atom. The number of hydrogen-bond donors (Lipinski definition) is 2. The molecule has 0 radical (unpaired) electrons. The van der Waals surface area contributed by atoms with Crippen LogP contribution in [0, 0.1) is 19.8 Å². The molecule has 3 N–H and O–H groups in total. The van der Waals surface area contributed by atoms with Gasteiger partial charge in [-0.3, -0.25) is 0 Å². The molecule has 5 nitrogen and oxygen atoms in total. The Labute approximate surface area is 83.2 Å². The van der Waals surface area contributed by atoms with Crippen LogP contribution >= 0.6 is 0 Å². The van der Waals surface area contributed by atoms with Crippen molar-refractivity contribution >= 4 is 5.84 Å². The van der Waals surface area contributed by atoms with Crippen LogP contribution in [-0.4, -0.2) is 20.6 Å². The van der Waals surface area contributed by atoms with E-state index < -0.39 is 0 Å². The first-order valence-electron chi connectivity index (χ1n) is 4.52. The average molecular weight is 196 g/mol. The Bertz CT molecular complexity index is 343. The van der Waals surface area contributed by atoms with Crippen LogP contribution in [0.5, 0.6) is 0 Å². The van der Waals surface area contributed by atoms with Crippen LogP contribution in [0.3, 0.4) is 0 Å². The second-order valence-corrected chi connectivity index (χ2v) is 3.49. The van der Waals surface area contributed by atoms with E-state index in [1.807, 2.05) is 25.3 Å². The monoisotopic (exact) mass is 196 g/mol. The molecule has 0 amide bonds. The molecule has 1 unspecified atom stereocenters. The van der Waals surface area contributed by atoms with Crippen LogP contribution in [-0.2, 0) is 6.54 Å². The van der Waals surface area contributed by atoms with Gasteiger partial charge in [0.25, 0.3) is 0 Å². The van der Waals surface area contributed by atoms with E-state index >= 15 is 0 Å². The summed E-state index contributed by atoms with van der Waals surface area (Å²) in [6.07, 6.45) is 1.77. The molecule has 0 fully saturated rings. The lowest BCUT2D eigenvalue weighted by atomic mass is 10.1. The number of oxime groups is 1. The molecule has 1 rings (SSSR count). The molecule has 1 aromatic rings. The topological polar surface area (TPSA) is 76.4 Å². The Kier molecular flexibility index (Phi) is 3.11. The SMILES string of the molecule is Cc1ncn(CC(C)C(N)=NO)c1C. The van der Waals surface area contributed by atoms with Crippen molar-refractivity contribution in [2.45, 2.75) is 27.3 Å². The van der Waals surface area contributed by atoms with E-state index in [-0.39, 0.29) is 11.8 Å². The van der Waals surface area contributed by atoms with Crippen molar-refractivity contribution in [3.8, 4) is 0 Å².